The van der Waals surface area contributed by atoms with Crippen molar-refractivity contribution in [2.45, 2.75) is 0 Å². The molecule has 5 nitrogen and oxygen atoms in total. The summed E-state index contributed by atoms with van der Waals surface area (Å²) in [6.07, 6.45) is 1.23. The molecule has 0 aromatic carbocycles. The number of hydrogen-bond acceptors (Lipinski definition) is 3. The van der Waals surface area contributed by atoms with Crippen LogP contribution in [0.25, 0.3) is 0 Å². The van der Waals surface area contributed by atoms with Crippen molar-refractivity contribution in [1.82, 2.24) is 4.98 Å². The fourth-order valence-corrected chi connectivity index (χ4v) is 0.825. The Kier molecular flexibility index (Phi) is 2.76. The monoisotopic (exact) mass is 197 g/mol. The summed E-state index contributed by atoms with van der Waals surface area (Å²) in [5.41, 5.74) is 5.31. The number of nitrogens with one attached hydrogen (secondary N) is 1. The molecule has 0 bridgehead atoms. The number of pyridine rings is 1. The maximum absolute atomic E-state index is 10.4. The highest BCUT2D eigenvalue weighted by Crippen LogP contribution is 2.04. The molecule has 13 heavy (non-hydrogen) atoms. The van der Waals surface area contributed by atoms with Crippen molar-refractivity contribution in [2.24, 2.45) is 5.73 Å². The lowest BCUT2D eigenvalue weighted by Gasteiger charge is -2.01. The van der Waals surface area contributed by atoms with E-state index in [-0.39, 0.29) is 10.7 Å². The lowest BCUT2D eigenvalue weighted by molar-refractivity contribution is 0.0696. The minimum Gasteiger partial charge on any atom is -0.478 e. The van der Waals surface area contributed by atoms with Crippen molar-refractivity contribution in [2.75, 3.05) is 5.32 Å². The molecule has 1 rings (SSSR count). The van der Waals surface area contributed by atoms with Gasteiger partial charge in [0, 0.05) is 6.20 Å². The average molecular weight is 197 g/mol. The van der Waals surface area contributed by atoms with Crippen LogP contribution in [0.15, 0.2) is 18.3 Å². The van der Waals surface area contributed by atoms with E-state index in [0.29, 0.717) is 5.82 Å². The maximum atomic E-state index is 10.4. The van der Waals surface area contributed by atoms with E-state index < -0.39 is 5.97 Å². The zero-order chi connectivity index (χ0) is 9.84. The first-order valence-corrected chi connectivity index (χ1v) is 3.76. The first kappa shape index (κ1) is 9.40. The molecule has 6 heteroatoms. The lowest BCUT2D eigenvalue weighted by Crippen LogP contribution is -2.19. The molecule has 1 heterocycles. The van der Waals surface area contributed by atoms with Crippen LogP contribution in [0.5, 0.6) is 0 Å². The topological polar surface area (TPSA) is 88.2 Å². The number of anilines is 1. The van der Waals surface area contributed by atoms with Gasteiger partial charge in [0.25, 0.3) is 0 Å². The highest BCUT2D eigenvalue weighted by Gasteiger charge is 2.02. The van der Waals surface area contributed by atoms with Crippen molar-refractivity contribution in [3.8, 4) is 0 Å². The van der Waals surface area contributed by atoms with Gasteiger partial charge >= 0.3 is 5.97 Å². The summed E-state index contributed by atoms with van der Waals surface area (Å²) >= 11 is 4.57. The number of nitrogens with two attached hydrogens (primary N) is 1. The third-order valence-electron chi connectivity index (χ3n) is 1.26. The number of aromatic carboxylic acids is 1. The van der Waals surface area contributed by atoms with Crippen LogP contribution >= 0.6 is 12.2 Å². The van der Waals surface area contributed by atoms with Gasteiger partial charge in [-0.25, -0.2) is 9.78 Å². The minimum atomic E-state index is -1.02. The normalized spacial score (nSPS) is 9.23. The van der Waals surface area contributed by atoms with E-state index in [0.717, 1.165) is 0 Å². The molecule has 0 aliphatic carbocycles. The largest absolute Gasteiger partial charge is 0.478 e. The standard InChI is InChI=1S/C7H7N3O2S/c8-7(13)10-5-2-1-4(3-9-5)6(11)12/h1-3H,(H,11,12)(H3,8,9,10,13). The molecule has 0 fully saturated rings. The predicted octanol–water partition coefficient (Wildman–Crippen LogP) is 0.435. The minimum absolute atomic E-state index is 0.0931. The summed E-state index contributed by atoms with van der Waals surface area (Å²) < 4.78 is 0. The van der Waals surface area contributed by atoms with Gasteiger partial charge in [0.15, 0.2) is 5.11 Å². The zero-order valence-electron chi connectivity index (χ0n) is 6.52. The highest BCUT2D eigenvalue weighted by atomic mass is 32.1. The molecular formula is C7H7N3O2S. The SMILES string of the molecule is NC(=S)Nc1ccc(C(=O)O)cn1. The molecule has 0 unspecified atom stereocenters. The van der Waals surface area contributed by atoms with Crippen molar-refractivity contribution < 1.29 is 9.90 Å². The Hall–Kier alpha value is -1.69. The number of carboxylic acid groups (broad SMARTS) is 1. The van der Waals surface area contributed by atoms with E-state index in [1.807, 2.05) is 0 Å². The Morgan fingerprint density at radius 2 is 2.31 bits per heavy atom. The molecule has 0 atom stereocenters. The van der Waals surface area contributed by atoms with Crippen molar-refractivity contribution in [1.29, 1.82) is 0 Å². The van der Waals surface area contributed by atoms with Crippen molar-refractivity contribution >= 4 is 29.1 Å². The molecule has 4 N–H and O–H groups in total. The van der Waals surface area contributed by atoms with Gasteiger partial charge in [0.1, 0.15) is 5.82 Å². The summed E-state index contributed by atoms with van der Waals surface area (Å²) in [5.74, 6) is -0.591. The number of aromatic nitrogens is 1. The molecule has 0 amide bonds. The van der Waals surface area contributed by atoms with Crippen LogP contribution in [-0.4, -0.2) is 21.2 Å². The molecule has 0 aliphatic heterocycles. The fraction of sp³-hybridized carbons (Fsp3) is 0. The van der Waals surface area contributed by atoms with Crippen LogP contribution in [0.3, 0.4) is 0 Å². The smallest absolute Gasteiger partial charge is 0.337 e. The van der Waals surface area contributed by atoms with Crippen LogP contribution in [0.4, 0.5) is 5.82 Å². The highest BCUT2D eigenvalue weighted by molar-refractivity contribution is 7.80. The number of carbonyl (C=O) groups is 1. The van der Waals surface area contributed by atoms with Gasteiger partial charge in [-0.2, -0.15) is 0 Å². The summed E-state index contributed by atoms with van der Waals surface area (Å²) in [7, 11) is 0. The van der Waals surface area contributed by atoms with Crippen LogP contribution in [0.2, 0.25) is 0 Å². The summed E-state index contributed by atoms with van der Waals surface area (Å²) in [5, 5.41) is 11.2. The Labute approximate surface area is 79.6 Å². The molecule has 0 radical (unpaired) electrons. The third kappa shape index (κ3) is 2.68. The van der Waals surface area contributed by atoms with E-state index >= 15 is 0 Å². The number of hydrogen-bond donors (Lipinski definition) is 3. The molecule has 0 spiro atoms. The lowest BCUT2D eigenvalue weighted by atomic mass is 10.3. The van der Waals surface area contributed by atoms with Crippen LogP contribution < -0.4 is 11.1 Å². The Balaban J connectivity index is 2.81. The van der Waals surface area contributed by atoms with E-state index in [9.17, 15) is 4.79 Å². The molecule has 0 aliphatic rings. The molecule has 0 saturated carbocycles. The summed E-state index contributed by atoms with van der Waals surface area (Å²) in [6.45, 7) is 0. The van der Waals surface area contributed by atoms with Crippen LogP contribution in [0, 0.1) is 0 Å². The molecule has 1 aromatic heterocycles. The number of thiocarbonyl (C=S) groups is 1. The van der Waals surface area contributed by atoms with Gasteiger partial charge in [0.05, 0.1) is 5.56 Å². The Morgan fingerprint density at radius 1 is 1.62 bits per heavy atom. The second-order valence-corrected chi connectivity index (χ2v) is 2.67. The Bertz CT molecular complexity index is 336. The summed E-state index contributed by atoms with van der Waals surface area (Å²) in [6, 6.07) is 2.90. The quantitative estimate of drug-likeness (QED) is 0.596. The van der Waals surface area contributed by atoms with Crippen molar-refractivity contribution in [3.63, 3.8) is 0 Å². The molecule has 0 saturated heterocycles. The molecular weight excluding hydrogens is 190 g/mol. The van der Waals surface area contributed by atoms with E-state index in [1.165, 1.54) is 18.3 Å². The third-order valence-corrected chi connectivity index (χ3v) is 1.36. The number of carboxylic acids is 1. The zero-order valence-corrected chi connectivity index (χ0v) is 7.34. The van der Waals surface area contributed by atoms with Gasteiger partial charge in [-0.3, -0.25) is 0 Å². The second kappa shape index (κ2) is 3.81. The first-order chi connectivity index (χ1) is 6.09. The van der Waals surface area contributed by atoms with E-state index in [1.54, 1.807) is 0 Å². The first-order valence-electron chi connectivity index (χ1n) is 3.35. The fourth-order valence-electron chi connectivity index (χ4n) is 0.721. The van der Waals surface area contributed by atoms with Gasteiger partial charge in [-0.15, -0.1) is 0 Å². The predicted molar refractivity (Wildman–Crippen MR) is 51.6 cm³/mol. The van der Waals surface area contributed by atoms with Gasteiger partial charge in [-0.05, 0) is 24.4 Å². The number of rotatable bonds is 2. The number of nitrogens with zero attached hydrogens (tertiary/aromatic N) is 1. The molecule has 1 aromatic rings. The van der Waals surface area contributed by atoms with Crippen LogP contribution in [0.1, 0.15) is 10.4 Å². The summed E-state index contributed by atoms with van der Waals surface area (Å²) in [4.78, 5) is 14.2. The van der Waals surface area contributed by atoms with Gasteiger partial charge in [0.2, 0.25) is 0 Å². The van der Waals surface area contributed by atoms with Gasteiger partial charge in [-0.1, -0.05) is 0 Å². The van der Waals surface area contributed by atoms with Gasteiger partial charge < -0.3 is 16.2 Å². The maximum Gasteiger partial charge on any atom is 0.337 e. The van der Waals surface area contributed by atoms with Crippen LogP contribution in [-0.2, 0) is 0 Å². The van der Waals surface area contributed by atoms with E-state index in [2.05, 4.69) is 22.5 Å². The van der Waals surface area contributed by atoms with Crippen molar-refractivity contribution in [3.05, 3.63) is 23.9 Å². The molecule has 68 valence electrons. The Morgan fingerprint density at radius 3 is 2.69 bits per heavy atom. The van der Waals surface area contributed by atoms with E-state index in [4.69, 9.17) is 10.8 Å². The average Bonchev–Trinajstić information content (AvgIpc) is 2.04. The second-order valence-electron chi connectivity index (χ2n) is 2.23.